The first-order chi connectivity index (χ1) is 8.70. The number of nitrogens with one attached hydrogen (secondary N) is 1. The quantitative estimate of drug-likeness (QED) is 0.897. The van der Waals surface area contributed by atoms with E-state index in [1.54, 1.807) is 12.1 Å². The summed E-state index contributed by atoms with van der Waals surface area (Å²) < 4.78 is 19.3. The zero-order chi connectivity index (χ0) is 14.3. The molecule has 0 spiro atoms. The average molecular weight is 265 g/mol. The molecule has 19 heavy (non-hydrogen) atoms. The van der Waals surface area contributed by atoms with Crippen LogP contribution in [-0.2, 0) is 4.74 Å². The minimum Gasteiger partial charge on any atom is -0.368 e. The summed E-state index contributed by atoms with van der Waals surface area (Å²) in [6.07, 6.45) is 0.958. The first kappa shape index (κ1) is 14.5. The fourth-order valence-corrected chi connectivity index (χ4v) is 3.00. The average Bonchev–Trinajstić information content (AvgIpc) is 2.46. The van der Waals surface area contributed by atoms with Gasteiger partial charge >= 0.3 is 0 Å². The maximum Gasteiger partial charge on any atom is 0.123 e. The summed E-state index contributed by atoms with van der Waals surface area (Å²) in [6.45, 7) is 10.5. The molecule has 1 heterocycles. The van der Waals surface area contributed by atoms with Crippen molar-refractivity contribution in [3.05, 3.63) is 35.6 Å². The van der Waals surface area contributed by atoms with Gasteiger partial charge in [0.1, 0.15) is 5.82 Å². The Hall–Kier alpha value is -0.930. The fourth-order valence-electron chi connectivity index (χ4n) is 3.00. The highest BCUT2D eigenvalue weighted by Gasteiger charge is 2.46. The second-order valence-corrected chi connectivity index (χ2v) is 6.67. The van der Waals surface area contributed by atoms with Crippen LogP contribution in [0.2, 0.25) is 0 Å². The van der Waals surface area contributed by atoms with Crippen LogP contribution in [0.5, 0.6) is 0 Å². The normalized spacial score (nSPS) is 26.3. The highest BCUT2D eigenvalue weighted by molar-refractivity contribution is 5.20. The number of hydrogen-bond acceptors (Lipinski definition) is 2. The summed E-state index contributed by atoms with van der Waals surface area (Å²) in [4.78, 5) is 0. The van der Waals surface area contributed by atoms with Gasteiger partial charge in [-0.3, -0.25) is 0 Å². The van der Waals surface area contributed by atoms with Gasteiger partial charge in [0.15, 0.2) is 0 Å². The molecular formula is C16H24FNO. The van der Waals surface area contributed by atoms with Gasteiger partial charge in [-0.15, -0.1) is 0 Å². The van der Waals surface area contributed by atoms with Crippen LogP contribution in [0.1, 0.15) is 52.6 Å². The van der Waals surface area contributed by atoms with Gasteiger partial charge in [-0.1, -0.05) is 12.1 Å². The minimum absolute atomic E-state index is 0.108. The van der Waals surface area contributed by atoms with Gasteiger partial charge in [0.2, 0.25) is 0 Å². The number of hydrogen-bond donors (Lipinski definition) is 1. The molecule has 1 aromatic carbocycles. The van der Waals surface area contributed by atoms with E-state index in [2.05, 4.69) is 39.9 Å². The summed E-state index contributed by atoms with van der Waals surface area (Å²) in [5.74, 6) is -0.187. The van der Waals surface area contributed by atoms with Crippen molar-refractivity contribution in [3.63, 3.8) is 0 Å². The zero-order valence-electron chi connectivity index (χ0n) is 12.5. The van der Waals surface area contributed by atoms with E-state index in [9.17, 15) is 4.39 Å². The highest BCUT2D eigenvalue weighted by Crippen LogP contribution is 2.38. The first-order valence-electron chi connectivity index (χ1n) is 6.91. The molecule has 0 aromatic heterocycles. The summed E-state index contributed by atoms with van der Waals surface area (Å²) in [6, 6.07) is 7.14. The van der Waals surface area contributed by atoms with Crippen molar-refractivity contribution in [2.24, 2.45) is 0 Å². The van der Waals surface area contributed by atoms with Crippen molar-refractivity contribution in [3.8, 4) is 0 Å². The molecular weight excluding hydrogens is 241 g/mol. The Kier molecular flexibility index (Phi) is 3.72. The first-order valence-corrected chi connectivity index (χ1v) is 6.91. The second-order valence-electron chi connectivity index (χ2n) is 6.67. The Morgan fingerprint density at radius 2 is 2.00 bits per heavy atom. The molecule has 2 atom stereocenters. The number of halogens is 1. The minimum atomic E-state index is -0.203. The van der Waals surface area contributed by atoms with Crippen molar-refractivity contribution in [1.29, 1.82) is 0 Å². The molecule has 2 unspecified atom stereocenters. The topological polar surface area (TPSA) is 21.3 Å². The summed E-state index contributed by atoms with van der Waals surface area (Å²) in [5.41, 5.74) is 0.661. The molecule has 0 bridgehead atoms. The standard InChI is InChI=1S/C16H24FNO/c1-11(12-7-6-8-13(17)9-12)18-14-10-15(2,3)19-16(14,4)5/h6-9,11,14,18H,10H2,1-5H3. The van der Waals surface area contributed by atoms with Crippen molar-refractivity contribution in [2.75, 3.05) is 0 Å². The lowest BCUT2D eigenvalue weighted by Crippen LogP contribution is -2.44. The Labute approximate surface area is 115 Å². The molecule has 1 aromatic rings. The predicted molar refractivity (Wildman–Crippen MR) is 75.6 cm³/mol. The van der Waals surface area contributed by atoms with Crippen molar-refractivity contribution in [2.45, 2.75) is 64.3 Å². The largest absolute Gasteiger partial charge is 0.368 e. The van der Waals surface area contributed by atoms with Crippen LogP contribution < -0.4 is 5.32 Å². The van der Waals surface area contributed by atoms with Gasteiger partial charge in [-0.25, -0.2) is 4.39 Å². The molecule has 1 fully saturated rings. The molecule has 106 valence electrons. The molecule has 2 rings (SSSR count). The Morgan fingerprint density at radius 1 is 1.32 bits per heavy atom. The lowest BCUT2D eigenvalue weighted by molar-refractivity contribution is -0.0703. The second kappa shape index (κ2) is 4.88. The maximum absolute atomic E-state index is 13.3. The molecule has 1 N–H and O–H groups in total. The Morgan fingerprint density at radius 3 is 2.53 bits per heavy atom. The molecule has 2 nitrogen and oxygen atoms in total. The summed E-state index contributed by atoms with van der Waals surface area (Å²) >= 11 is 0. The SMILES string of the molecule is CC(NC1CC(C)(C)OC1(C)C)c1cccc(F)c1. The molecule has 1 aliphatic rings. The maximum atomic E-state index is 13.3. The van der Waals surface area contributed by atoms with Gasteiger partial charge in [0, 0.05) is 12.1 Å². The molecule has 0 saturated carbocycles. The van der Waals surface area contributed by atoms with Crippen LogP contribution in [0, 0.1) is 5.82 Å². The molecule has 0 aliphatic carbocycles. The molecule has 1 aliphatic heterocycles. The van der Waals surface area contributed by atoms with E-state index < -0.39 is 0 Å². The van der Waals surface area contributed by atoms with Gasteiger partial charge in [-0.05, 0) is 58.7 Å². The van der Waals surface area contributed by atoms with E-state index in [1.807, 2.05) is 6.07 Å². The van der Waals surface area contributed by atoms with E-state index in [0.29, 0.717) is 0 Å². The van der Waals surface area contributed by atoms with Gasteiger partial charge in [0.25, 0.3) is 0 Å². The molecule has 0 radical (unpaired) electrons. The van der Waals surface area contributed by atoms with Crippen molar-refractivity contribution in [1.82, 2.24) is 5.32 Å². The Bertz CT molecular complexity index is 456. The third kappa shape index (κ3) is 3.34. The number of ether oxygens (including phenoxy) is 1. The number of rotatable bonds is 3. The van der Waals surface area contributed by atoms with E-state index in [4.69, 9.17) is 4.74 Å². The summed E-state index contributed by atoms with van der Waals surface area (Å²) in [7, 11) is 0. The zero-order valence-corrected chi connectivity index (χ0v) is 12.5. The van der Waals surface area contributed by atoms with Crippen molar-refractivity contribution < 1.29 is 9.13 Å². The van der Waals surface area contributed by atoms with Crippen LogP contribution in [0.25, 0.3) is 0 Å². The highest BCUT2D eigenvalue weighted by atomic mass is 19.1. The molecule has 0 amide bonds. The van der Waals surface area contributed by atoms with Gasteiger partial charge in [-0.2, -0.15) is 0 Å². The third-order valence-corrected chi connectivity index (χ3v) is 3.87. The van der Waals surface area contributed by atoms with Gasteiger partial charge < -0.3 is 10.1 Å². The van der Waals surface area contributed by atoms with E-state index in [0.717, 1.165) is 12.0 Å². The van der Waals surface area contributed by atoms with E-state index in [-0.39, 0.29) is 29.1 Å². The van der Waals surface area contributed by atoms with Crippen LogP contribution in [0.3, 0.4) is 0 Å². The third-order valence-electron chi connectivity index (χ3n) is 3.87. The predicted octanol–water partition coefficient (Wildman–Crippen LogP) is 3.82. The Balaban J connectivity index is 2.09. The molecule has 3 heteroatoms. The summed E-state index contributed by atoms with van der Waals surface area (Å²) in [5, 5.41) is 3.58. The smallest absolute Gasteiger partial charge is 0.123 e. The lowest BCUT2D eigenvalue weighted by Gasteiger charge is -2.30. The van der Waals surface area contributed by atoms with Crippen LogP contribution in [-0.4, -0.2) is 17.2 Å². The van der Waals surface area contributed by atoms with Crippen LogP contribution >= 0.6 is 0 Å². The van der Waals surface area contributed by atoms with Crippen molar-refractivity contribution >= 4 is 0 Å². The molecule has 1 saturated heterocycles. The monoisotopic (exact) mass is 265 g/mol. The fraction of sp³-hybridized carbons (Fsp3) is 0.625. The van der Waals surface area contributed by atoms with Crippen LogP contribution in [0.15, 0.2) is 24.3 Å². The van der Waals surface area contributed by atoms with E-state index in [1.165, 1.54) is 6.07 Å². The lowest BCUT2D eigenvalue weighted by atomic mass is 9.93. The van der Waals surface area contributed by atoms with E-state index >= 15 is 0 Å². The number of benzene rings is 1. The van der Waals surface area contributed by atoms with Gasteiger partial charge in [0.05, 0.1) is 11.2 Å². The van der Waals surface area contributed by atoms with Crippen LogP contribution in [0.4, 0.5) is 4.39 Å².